The van der Waals surface area contributed by atoms with Crippen LogP contribution in [0.3, 0.4) is 0 Å². The highest BCUT2D eigenvalue weighted by molar-refractivity contribution is 5.91. The van der Waals surface area contributed by atoms with Crippen molar-refractivity contribution in [3.8, 4) is 0 Å². The van der Waals surface area contributed by atoms with E-state index in [2.05, 4.69) is 27.7 Å². The van der Waals surface area contributed by atoms with Gasteiger partial charge in [0.15, 0.2) is 0 Å². The number of unbranched alkanes of at least 4 members (excludes halogenated alkanes) is 28. The summed E-state index contributed by atoms with van der Waals surface area (Å²) in [5.41, 5.74) is 11.4. The van der Waals surface area contributed by atoms with Crippen molar-refractivity contribution in [1.29, 1.82) is 0 Å². The summed E-state index contributed by atoms with van der Waals surface area (Å²) in [5, 5.41) is 0. The fourth-order valence-corrected chi connectivity index (χ4v) is 8.02. The maximum absolute atomic E-state index is 14.3. The molecule has 0 heterocycles. The van der Waals surface area contributed by atoms with Gasteiger partial charge in [0.25, 0.3) is 0 Å². The van der Waals surface area contributed by atoms with Gasteiger partial charge in [-0.2, -0.15) is 0 Å². The third-order valence-electron chi connectivity index (χ3n) is 12.0. The minimum Gasteiger partial charge on any atom is -0.368 e. The summed E-state index contributed by atoms with van der Waals surface area (Å²) in [6, 6.07) is 0. The summed E-state index contributed by atoms with van der Waals surface area (Å²) in [6.07, 6.45) is 35.6. The molecule has 0 aromatic rings. The predicted molar refractivity (Wildman–Crippen MR) is 255 cm³/mol. The van der Waals surface area contributed by atoms with E-state index in [1.54, 1.807) is 14.7 Å². The van der Waals surface area contributed by atoms with E-state index < -0.39 is 5.91 Å². The summed E-state index contributed by atoms with van der Waals surface area (Å²) in [4.78, 5) is 73.7. The number of primary amides is 1. The molecule has 0 rings (SSSR count). The Morgan fingerprint density at radius 1 is 0.295 bits per heavy atom. The Bertz CT molecular complexity index is 1090. The van der Waals surface area contributed by atoms with Gasteiger partial charge in [-0.15, -0.1) is 0 Å². The smallest absolute Gasteiger partial charge is 0.242 e. The van der Waals surface area contributed by atoms with Gasteiger partial charge in [0, 0.05) is 26.2 Å². The molecule has 11 nitrogen and oxygen atoms in total. The van der Waals surface area contributed by atoms with Crippen LogP contribution in [-0.4, -0.2) is 108 Å². The molecule has 0 spiro atoms. The van der Waals surface area contributed by atoms with Crippen molar-refractivity contribution in [3.63, 3.8) is 0 Å². The van der Waals surface area contributed by atoms with Crippen LogP contribution in [0.2, 0.25) is 0 Å². The van der Waals surface area contributed by atoms with Crippen LogP contribution in [0.5, 0.6) is 0 Å². The van der Waals surface area contributed by atoms with Crippen molar-refractivity contribution in [3.05, 3.63) is 0 Å². The van der Waals surface area contributed by atoms with Gasteiger partial charge in [-0.1, -0.05) is 207 Å². The van der Waals surface area contributed by atoms with Crippen LogP contribution in [0, 0.1) is 0 Å². The number of rotatable bonds is 45. The maximum atomic E-state index is 14.3. The Hall–Kier alpha value is -2.69. The molecule has 0 aliphatic heterocycles. The number of carbonyl (C=O) groups is 5. The second-order valence-corrected chi connectivity index (χ2v) is 17.8. The highest BCUT2D eigenvalue weighted by Crippen LogP contribution is 2.14. The molecule has 0 fully saturated rings. The molecule has 0 radical (unpaired) electrons. The van der Waals surface area contributed by atoms with E-state index >= 15 is 0 Å². The normalized spacial score (nSPS) is 11.2. The first-order chi connectivity index (χ1) is 29.6. The third kappa shape index (κ3) is 34.5. The summed E-state index contributed by atoms with van der Waals surface area (Å²) in [6.45, 7) is 9.77. The van der Waals surface area contributed by atoms with Crippen molar-refractivity contribution >= 4 is 29.5 Å². The standard InChI is InChI=1S/C50H98N6O5/c1-5-9-13-17-21-25-29-33-37-53(42-46(52)57)48(59)44-55(39-35-31-27-23-19-15-11-7-3)50(61)45-56(40-36-32-28-24-20-16-12-8-4)49(60)43-54(47(58)41-51)38-34-30-26-22-18-14-10-6-2/h5-45,51H2,1-4H3,(H2,52,57). The molecule has 0 atom stereocenters. The van der Waals surface area contributed by atoms with Crippen LogP contribution in [-0.2, 0) is 24.0 Å². The second-order valence-electron chi connectivity index (χ2n) is 17.8. The Kier molecular flexibility index (Phi) is 40.7. The van der Waals surface area contributed by atoms with E-state index in [9.17, 15) is 24.0 Å². The Morgan fingerprint density at radius 3 is 0.705 bits per heavy atom. The Labute approximate surface area is 375 Å². The molecule has 61 heavy (non-hydrogen) atoms. The van der Waals surface area contributed by atoms with E-state index in [1.165, 1.54) is 114 Å². The van der Waals surface area contributed by atoms with Gasteiger partial charge >= 0.3 is 0 Å². The van der Waals surface area contributed by atoms with Gasteiger partial charge in [-0.25, -0.2) is 0 Å². The quantitative estimate of drug-likeness (QED) is 0.0582. The molecule has 0 saturated heterocycles. The van der Waals surface area contributed by atoms with Crippen LogP contribution in [0.4, 0.5) is 0 Å². The van der Waals surface area contributed by atoms with Gasteiger partial charge in [-0.05, 0) is 25.7 Å². The first-order valence-electron chi connectivity index (χ1n) is 25.7. The zero-order valence-corrected chi connectivity index (χ0v) is 40.5. The fraction of sp³-hybridized carbons (Fsp3) is 0.900. The molecule has 358 valence electrons. The lowest BCUT2D eigenvalue weighted by molar-refractivity contribution is -0.146. The number of amides is 5. The molecule has 0 aromatic carbocycles. The molecule has 11 heteroatoms. The lowest BCUT2D eigenvalue weighted by atomic mass is 10.1. The topological polar surface area (TPSA) is 150 Å². The first-order valence-corrected chi connectivity index (χ1v) is 25.7. The van der Waals surface area contributed by atoms with Crippen molar-refractivity contribution in [2.45, 2.75) is 233 Å². The molecule has 0 saturated carbocycles. The summed E-state index contributed by atoms with van der Waals surface area (Å²) >= 11 is 0. The van der Waals surface area contributed by atoms with Gasteiger partial charge in [0.05, 0.1) is 32.7 Å². The fourth-order valence-electron chi connectivity index (χ4n) is 8.02. The average molecular weight is 863 g/mol. The Balaban J connectivity index is 5.97. The van der Waals surface area contributed by atoms with Gasteiger partial charge in [-0.3, -0.25) is 24.0 Å². The zero-order chi connectivity index (χ0) is 45.2. The highest BCUT2D eigenvalue weighted by Gasteiger charge is 2.27. The number of nitrogens with zero attached hydrogens (tertiary/aromatic N) is 4. The van der Waals surface area contributed by atoms with Crippen molar-refractivity contribution in [2.75, 3.05) is 58.9 Å². The largest absolute Gasteiger partial charge is 0.368 e. The minimum atomic E-state index is -0.570. The van der Waals surface area contributed by atoms with Crippen molar-refractivity contribution < 1.29 is 24.0 Å². The van der Waals surface area contributed by atoms with Crippen molar-refractivity contribution in [2.24, 2.45) is 11.5 Å². The number of carbonyl (C=O) groups excluding carboxylic acids is 5. The molecule has 5 amide bonds. The molecule has 4 N–H and O–H groups in total. The molecular formula is C50H98N6O5. The second kappa shape index (κ2) is 42.6. The third-order valence-corrected chi connectivity index (χ3v) is 12.0. The van der Waals surface area contributed by atoms with Crippen molar-refractivity contribution in [1.82, 2.24) is 19.6 Å². The minimum absolute atomic E-state index is 0.112. The summed E-state index contributed by atoms with van der Waals surface area (Å²) in [7, 11) is 0. The van der Waals surface area contributed by atoms with Gasteiger partial charge < -0.3 is 31.1 Å². The number of nitrogens with two attached hydrogens (primary N) is 2. The van der Waals surface area contributed by atoms with Crippen LogP contribution >= 0.6 is 0 Å². The van der Waals surface area contributed by atoms with E-state index in [-0.39, 0.29) is 56.4 Å². The lowest BCUT2D eigenvalue weighted by Gasteiger charge is -2.31. The maximum Gasteiger partial charge on any atom is 0.242 e. The molecule has 0 aliphatic rings. The molecular weight excluding hydrogens is 765 g/mol. The zero-order valence-electron chi connectivity index (χ0n) is 40.5. The highest BCUT2D eigenvalue weighted by atomic mass is 16.2. The summed E-state index contributed by atoms with van der Waals surface area (Å²) in [5.74, 6) is -1.67. The van der Waals surface area contributed by atoms with E-state index in [0.717, 1.165) is 96.3 Å². The van der Waals surface area contributed by atoms with E-state index in [4.69, 9.17) is 11.5 Å². The number of hydrogen-bond acceptors (Lipinski definition) is 6. The lowest BCUT2D eigenvalue weighted by Crippen LogP contribution is -2.51. The molecule has 0 aromatic heterocycles. The van der Waals surface area contributed by atoms with E-state index in [1.807, 2.05) is 0 Å². The van der Waals surface area contributed by atoms with Crippen LogP contribution < -0.4 is 11.5 Å². The molecule has 0 aliphatic carbocycles. The van der Waals surface area contributed by atoms with Crippen LogP contribution in [0.25, 0.3) is 0 Å². The molecule has 0 unspecified atom stereocenters. The van der Waals surface area contributed by atoms with Gasteiger partial charge in [0.1, 0.15) is 0 Å². The predicted octanol–water partition coefficient (Wildman–Crippen LogP) is 10.3. The monoisotopic (exact) mass is 863 g/mol. The van der Waals surface area contributed by atoms with Crippen LogP contribution in [0.15, 0.2) is 0 Å². The van der Waals surface area contributed by atoms with Crippen LogP contribution in [0.1, 0.15) is 233 Å². The van der Waals surface area contributed by atoms with E-state index in [0.29, 0.717) is 26.2 Å². The number of hydrogen-bond donors (Lipinski definition) is 2. The van der Waals surface area contributed by atoms with Gasteiger partial charge in [0.2, 0.25) is 29.5 Å². The molecule has 0 bridgehead atoms. The SMILES string of the molecule is CCCCCCCCCCN(CC(N)=O)C(=O)CN(CCCCCCCCCC)C(=O)CN(CCCCCCCCCC)C(=O)CN(CCCCCCCCCC)C(=O)CN. The average Bonchev–Trinajstić information content (AvgIpc) is 3.24. The first kappa shape index (κ1) is 58.3. The Morgan fingerprint density at radius 2 is 0.492 bits per heavy atom. The summed E-state index contributed by atoms with van der Waals surface area (Å²) < 4.78 is 0.